The highest BCUT2D eigenvalue weighted by Gasteiger charge is 2.13. The van der Waals surface area contributed by atoms with E-state index in [0.717, 1.165) is 27.8 Å². The Bertz CT molecular complexity index is 1400. The standard InChI is InChI=1S/C21H18N8O/c1-22-18-5-2-12(8-23-18)9-24-20-19-17(25-11-26-21(19)30)7-15(28-20)13-3-4-14-10-27-29-16(14)6-13/h2-8,10-11H,9H2,1H3,(H,22,23)(H,24,28)(H,27,29)(H,25,26,30). The SMILES string of the molecule is CNc1ccc(CNc2nc(-c3ccc4cn[nH]c4c3)cc3nc[nH]c(=O)c23)cn1. The van der Waals surface area contributed by atoms with Gasteiger partial charge in [0.05, 0.1) is 29.3 Å². The van der Waals surface area contributed by atoms with Gasteiger partial charge in [0.15, 0.2) is 0 Å². The van der Waals surface area contributed by atoms with E-state index in [9.17, 15) is 4.79 Å². The Morgan fingerprint density at radius 3 is 2.83 bits per heavy atom. The summed E-state index contributed by atoms with van der Waals surface area (Å²) in [4.78, 5) is 28.5. The number of hydrogen-bond acceptors (Lipinski definition) is 7. The van der Waals surface area contributed by atoms with Gasteiger partial charge in [-0.3, -0.25) is 9.89 Å². The number of H-pyrrole nitrogens is 2. The number of nitrogens with zero attached hydrogens (tertiary/aromatic N) is 4. The Morgan fingerprint density at radius 2 is 2.00 bits per heavy atom. The zero-order valence-electron chi connectivity index (χ0n) is 16.1. The largest absolute Gasteiger partial charge is 0.373 e. The second-order valence-corrected chi connectivity index (χ2v) is 6.81. The van der Waals surface area contributed by atoms with Crippen LogP contribution >= 0.6 is 0 Å². The van der Waals surface area contributed by atoms with E-state index in [1.54, 1.807) is 12.4 Å². The Labute approximate surface area is 170 Å². The van der Waals surface area contributed by atoms with Crippen LogP contribution in [-0.2, 0) is 6.54 Å². The van der Waals surface area contributed by atoms with Crippen molar-refractivity contribution in [1.82, 2.24) is 30.1 Å². The molecule has 0 aliphatic carbocycles. The Kier molecular flexibility index (Phi) is 4.32. The third-order valence-corrected chi connectivity index (χ3v) is 4.90. The summed E-state index contributed by atoms with van der Waals surface area (Å²) >= 11 is 0. The predicted molar refractivity (Wildman–Crippen MR) is 116 cm³/mol. The fourth-order valence-electron chi connectivity index (χ4n) is 3.32. The lowest BCUT2D eigenvalue weighted by Crippen LogP contribution is -2.12. The molecule has 0 saturated carbocycles. The first-order valence-electron chi connectivity index (χ1n) is 9.40. The summed E-state index contributed by atoms with van der Waals surface area (Å²) in [6.07, 6.45) is 4.95. The lowest BCUT2D eigenvalue weighted by Gasteiger charge is -2.11. The van der Waals surface area contributed by atoms with Crippen LogP contribution in [0.25, 0.3) is 33.1 Å². The summed E-state index contributed by atoms with van der Waals surface area (Å²) in [6, 6.07) is 11.6. The van der Waals surface area contributed by atoms with Gasteiger partial charge in [-0.1, -0.05) is 18.2 Å². The predicted octanol–water partition coefficient (Wildman–Crippen LogP) is 2.91. The van der Waals surface area contributed by atoms with Crippen LogP contribution in [0.3, 0.4) is 0 Å². The van der Waals surface area contributed by atoms with E-state index < -0.39 is 0 Å². The number of rotatable bonds is 5. The molecule has 0 aliphatic rings. The molecule has 4 N–H and O–H groups in total. The van der Waals surface area contributed by atoms with Gasteiger partial charge in [0.25, 0.3) is 5.56 Å². The summed E-state index contributed by atoms with van der Waals surface area (Å²) < 4.78 is 0. The van der Waals surface area contributed by atoms with E-state index in [4.69, 9.17) is 4.98 Å². The van der Waals surface area contributed by atoms with Crippen molar-refractivity contribution < 1.29 is 0 Å². The molecule has 148 valence electrons. The van der Waals surface area contributed by atoms with Crippen molar-refractivity contribution in [2.45, 2.75) is 6.54 Å². The van der Waals surface area contributed by atoms with E-state index in [-0.39, 0.29) is 5.56 Å². The van der Waals surface area contributed by atoms with Crippen LogP contribution in [0.2, 0.25) is 0 Å². The van der Waals surface area contributed by atoms with Crippen LogP contribution in [0, 0.1) is 0 Å². The van der Waals surface area contributed by atoms with Crippen molar-refractivity contribution in [2.24, 2.45) is 0 Å². The zero-order valence-corrected chi connectivity index (χ0v) is 16.1. The van der Waals surface area contributed by atoms with Crippen LogP contribution in [0.4, 0.5) is 11.6 Å². The van der Waals surface area contributed by atoms with Gasteiger partial charge in [0.1, 0.15) is 17.0 Å². The smallest absolute Gasteiger partial charge is 0.262 e. The number of anilines is 2. The average Bonchev–Trinajstić information content (AvgIpc) is 3.25. The van der Waals surface area contributed by atoms with Gasteiger partial charge >= 0.3 is 0 Å². The van der Waals surface area contributed by atoms with Gasteiger partial charge in [-0.15, -0.1) is 0 Å². The molecule has 5 rings (SSSR count). The minimum Gasteiger partial charge on any atom is -0.373 e. The lowest BCUT2D eigenvalue weighted by molar-refractivity contribution is 1.08. The second kappa shape index (κ2) is 7.28. The maximum Gasteiger partial charge on any atom is 0.262 e. The Balaban J connectivity index is 1.57. The minimum absolute atomic E-state index is 0.241. The quantitative estimate of drug-likeness (QED) is 0.359. The van der Waals surface area contributed by atoms with Crippen molar-refractivity contribution in [2.75, 3.05) is 17.7 Å². The van der Waals surface area contributed by atoms with Crippen LogP contribution in [0.5, 0.6) is 0 Å². The molecule has 4 heterocycles. The first-order valence-corrected chi connectivity index (χ1v) is 9.40. The number of hydrogen-bond donors (Lipinski definition) is 4. The summed E-state index contributed by atoms with van der Waals surface area (Å²) in [6.45, 7) is 0.469. The molecule has 0 bridgehead atoms. The molecule has 0 fully saturated rings. The topological polar surface area (TPSA) is 124 Å². The normalized spacial score (nSPS) is 11.1. The first kappa shape index (κ1) is 17.8. The summed E-state index contributed by atoms with van der Waals surface area (Å²) in [5.74, 6) is 1.26. The van der Waals surface area contributed by atoms with E-state index in [1.807, 2.05) is 43.4 Å². The molecule has 4 aromatic heterocycles. The molecule has 9 heteroatoms. The fourth-order valence-corrected chi connectivity index (χ4v) is 3.32. The third-order valence-electron chi connectivity index (χ3n) is 4.90. The lowest BCUT2D eigenvalue weighted by atomic mass is 10.1. The van der Waals surface area contributed by atoms with E-state index >= 15 is 0 Å². The van der Waals surface area contributed by atoms with Gasteiger partial charge in [0, 0.05) is 30.7 Å². The van der Waals surface area contributed by atoms with Gasteiger partial charge in [-0.05, 0) is 23.8 Å². The number of aromatic amines is 2. The van der Waals surface area contributed by atoms with Crippen molar-refractivity contribution in [3.8, 4) is 11.3 Å². The van der Waals surface area contributed by atoms with Crippen LogP contribution < -0.4 is 16.2 Å². The van der Waals surface area contributed by atoms with E-state index in [2.05, 4.69) is 35.8 Å². The maximum absolute atomic E-state index is 12.5. The number of nitrogens with one attached hydrogen (secondary N) is 4. The molecule has 0 spiro atoms. The van der Waals surface area contributed by atoms with Gasteiger partial charge in [0.2, 0.25) is 0 Å². The molecular weight excluding hydrogens is 380 g/mol. The number of pyridine rings is 2. The monoisotopic (exact) mass is 398 g/mol. The van der Waals surface area contributed by atoms with Gasteiger partial charge < -0.3 is 15.6 Å². The molecule has 9 nitrogen and oxygen atoms in total. The average molecular weight is 398 g/mol. The third kappa shape index (κ3) is 3.22. The van der Waals surface area contributed by atoms with Crippen molar-refractivity contribution >= 4 is 33.4 Å². The van der Waals surface area contributed by atoms with Crippen LogP contribution in [0.15, 0.2) is 59.9 Å². The van der Waals surface area contributed by atoms with Gasteiger partial charge in [-0.25, -0.2) is 15.0 Å². The fraction of sp³-hybridized carbons (Fsp3) is 0.0952. The molecule has 30 heavy (non-hydrogen) atoms. The zero-order chi connectivity index (χ0) is 20.5. The molecule has 0 aliphatic heterocycles. The van der Waals surface area contributed by atoms with Crippen LogP contribution in [0.1, 0.15) is 5.56 Å². The van der Waals surface area contributed by atoms with E-state index in [1.165, 1.54) is 6.33 Å². The van der Waals surface area contributed by atoms with Crippen molar-refractivity contribution in [1.29, 1.82) is 0 Å². The first-order chi connectivity index (χ1) is 14.7. The Hall–Kier alpha value is -4.27. The number of benzene rings is 1. The highest BCUT2D eigenvalue weighted by Crippen LogP contribution is 2.27. The van der Waals surface area contributed by atoms with E-state index in [0.29, 0.717) is 29.0 Å². The summed E-state index contributed by atoms with van der Waals surface area (Å²) in [5, 5.41) is 14.7. The molecule has 0 saturated heterocycles. The van der Waals surface area contributed by atoms with Crippen molar-refractivity contribution in [3.05, 3.63) is 71.0 Å². The molecular formula is C21H18N8O. The Morgan fingerprint density at radius 1 is 1.07 bits per heavy atom. The molecule has 5 aromatic rings. The second-order valence-electron chi connectivity index (χ2n) is 6.81. The maximum atomic E-state index is 12.5. The molecule has 0 unspecified atom stereocenters. The number of fused-ring (bicyclic) bond motifs is 2. The number of aromatic nitrogens is 6. The molecule has 0 atom stereocenters. The molecule has 1 aromatic carbocycles. The molecule has 0 radical (unpaired) electrons. The van der Waals surface area contributed by atoms with Gasteiger partial charge in [-0.2, -0.15) is 5.10 Å². The summed E-state index contributed by atoms with van der Waals surface area (Å²) in [7, 11) is 1.82. The summed E-state index contributed by atoms with van der Waals surface area (Å²) in [5.41, 5.74) is 3.82. The highest BCUT2D eigenvalue weighted by molar-refractivity contribution is 5.92. The highest BCUT2D eigenvalue weighted by atomic mass is 16.1. The minimum atomic E-state index is -0.241. The van der Waals surface area contributed by atoms with Crippen molar-refractivity contribution in [3.63, 3.8) is 0 Å². The van der Waals surface area contributed by atoms with Crippen LogP contribution in [-0.4, -0.2) is 37.2 Å². The molecule has 0 amide bonds.